The molecular weight excluding hydrogens is 330 g/mol. The van der Waals surface area contributed by atoms with Gasteiger partial charge >= 0.3 is 5.97 Å². The van der Waals surface area contributed by atoms with Crippen LogP contribution in [-0.2, 0) is 9.59 Å². The number of thiocarbonyl (C=S) groups is 1. The van der Waals surface area contributed by atoms with Gasteiger partial charge < -0.3 is 5.11 Å². The van der Waals surface area contributed by atoms with Gasteiger partial charge in [0.05, 0.1) is 4.91 Å². The summed E-state index contributed by atoms with van der Waals surface area (Å²) in [6.07, 6.45) is 3.79. The largest absolute Gasteiger partial charge is 0.480 e. The molecule has 0 aromatic heterocycles. The number of carbonyl (C=O) groups excluding carboxylic acids is 1. The first-order valence-electron chi connectivity index (χ1n) is 7.50. The van der Waals surface area contributed by atoms with Gasteiger partial charge in [0.1, 0.15) is 10.4 Å². The molecule has 122 valence electrons. The zero-order valence-electron chi connectivity index (χ0n) is 13.1. The summed E-state index contributed by atoms with van der Waals surface area (Å²) in [5.74, 6) is -1.32. The number of carboxylic acids is 1. The lowest BCUT2D eigenvalue weighted by atomic mass is 10.1. The van der Waals surface area contributed by atoms with Crippen LogP contribution in [0.4, 0.5) is 0 Å². The summed E-state index contributed by atoms with van der Waals surface area (Å²) in [5.41, 5.74) is 2.04. The molecule has 1 saturated heterocycles. The fourth-order valence-electron chi connectivity index (χ4n) is 2.32. The average molecular weight is 349 g/mol. The van der Waals surface area contributed by atoms with Crippen LogP contribution in [0.3, 0.4) is 0 Å². The van der Waals surface area contributed by atoms with Gasteiger partial charge in [0.25, 0.3) is 5.91 Å². The van der Waals surface area contributed by atoms with Crippen LogP contribution in [0, 0.1) is 6.92 Å². The van der Waals surface area contributed by atoms with E-state index in [-0.39, 0.29) is 5.91 Å². The van der Waals surface area contributed by atoms with Gasteiger partial charge in [-0.25, -0.2) is 4.79 Å². The second-order valence-electron chi connectivity index (χ2n) is 5.46. The Morgan fingerprint density at radius 1 is 1.39 bits per heavy atom. The van der Waals surface area contributed by atoms with E-state index in [2.05, 4.69) is 0 Å². The van der Waals surface area contributed by atoms with Crippen LogP contribution in [0.1, 0.15) is 37.3 Å². The maximum Gasteiger partial charge on any atom is 0.326 e. The number of carboxylic acid groups (broad SMARTS) is 1. The summed E-state index contributed by atoms with van der Waals surface area (Å²) in [7, 11) is 0. The van der Waals surface area contributed by atoms with Crippen LogP contribution in [0.2, 0.25) is 0 Å². The van der Waals surface area contributed by atoms with Crippen LogP contribution in [0.5, 0.6) is 0 Å². The standard InChI is InChI=1S/C17H19NO3S2/c1-3-4-5-13(16(20)21)18-15(19)14(23-17(18)22)10-12-8-6-11(2)7-9-12/h6-10,13H,3-5H2,1-2H3,(H,20,21). The van der Waals surface area contributed by atoms with Crippen molar-refractivity contribution in [3.63, 3.8) is 0 Å². The number of amides is 1. The van der Waals surface area contributed by atoms with Gasteiger partial charge in [-0.3, -0.25) is 9.69 Å². The molecule has 1 aromatic rings. The Kier molecular flexibility index (Phi) is 5.96. The van der Waals surface area contributed by atoms with Gasteiger partial charge in [0, 0.05) is 0 Å². The second kappa shape index (κ2) is 7.75. The number of nitrogens with zero attached hydrogens (tertiary/aromatic N) is 1. The number of unbranched alkanes of at least 4 members (excludes halogenated alkanes) is 1. The molecule has 1 N–H and O–H groups in total. The molecule has 0 bridgehead atoms. The molecule has 0 saturated carbocycles. The van der Waals surface area contributed by atoms with Crippen molar-refractivity contribution in [2.75, 3.05) is 0 Å². The number of hydrogen-bond donors (Lipinski definition) is 1. The summed E-state index contributed by atoms with van der Waals surface area (Å²) >= 11 is 6.41. The molecule has 6 heteroatoms. The predicted molar refractivity (Wildman–Crippen MR) is 97.1 cm³/mol. The summed E-state index contributed by atoms with van der Waals surface area (Å²) < 4.78 is 0.317. The minimum atomic E-state index is -1.01. The van der Waals surface area contributed by atoms with E-state index in [1.165, 1.54) is 16.7 Å². The Bertz CT molecular complexity index is 652. The molecule has 1 aliphatic heterocycles. The normalized spacial score (nSPS) is 17.8. The molecule has 1 unspecified atom stereocenters. The number of benzene rings is 1. The summed E-state index contributed by atoms with van der Waals surface area (Å²) in [5, 5.41) is 9.42. The maximum absolute atomic E-state index is 12.6. The summed E-state index contributed by atoms with van der Waals surface area (Å²) in [6.45, 7) is 3.98. The highest BCUT2D eigenvalue weighted by Gasteiger charge is 2.40. The second-order valence-corrected chi connectivity index (χ2v) is 7.13. The van der Waals surface area contributed by atoms with E-state index in [1.54, 1.807) is 6.08 Å². The van der Waals surface area contributed by atoms with Crippen molar-refractivity contribution >= 4 is 46.3 Å². The van der Waals surface area contributed by atoms with Gasteiger partial charge in [-0.05, 0) is 25.0 Å². The first-order chi connectivity index (χ1) is 10.9. The molecule has 1 amide bonds. The first-order valence-corrected chi connectivity index (χ1v) is 8.73. The Labute approximate surface area is 145 Å². The fraction of sp³-hybridized carbons (Fsp3) is 0.353. The number of aryl methyl sites for hydroxylation is 1. The van der Waals surface area contributed by atoms with Crippen molar-refractivity contribution in [1.82, 2.24) is 4.90 Å². The van der Waals surface area contributed by atoms with E-state index in [0.29, 0.717) is 15.6 Å². The van der Waals surface area contributed by atoms with Crippen LogP contribution >= 0.6 is 24.0 Å². The number of hydrogen-bond acceptors (Lipinski definition) is 4. The summed E-state index contributed by atoms with van der Waals surface area (Å²) in [6, 6.07) is 6.90. The van der Waals surface area contributed by atoms with E-state index in [9.17, 15) is 14.7 Å². The van der Waals surface area contributed by atoms with E-state index in [0.717, 1.165) is 24.0 Å². The van der Waals surface area contributed by atoms with E-state index < -0.39 is 12.0 Å². The Hall–Kier alpha value is -1.66. The zero-order valence-corrected chi connectivity index (χ0v) is 14.7. The van der Waals surface area contributed by atoms with Crippen molar-refractivity contribution in [2.45, 2.75) is 39.2 Å². The summed E-state index contributed by atoms with van der Waals surface area (Å²) in [4.78, 5) is 25.8. The third-order valence-corrected chi connectivity index (χ3v) is 4.96. The maximum atomic E-state index is 12.6. The zero-order chi connectivity index (χ0) is 17.0. The van der Waals surface area contributed by atoms with Gasteiger partial charge in [0.15, 0.2) is 0 Å². The Morgan fingerprint density at radius 3 is 2.61 bits per heavy atom. The topological polar surface area (TPSA) is 57.6 Å². The monoisotopic (exact) mass is 349 g/mol. The first kappa shape index (κ1) is 17.7. The van der Waals surface area contributed by atoms with Gasteiger partial charge in [-0.2, -0.15) is 0 Å². The van der Waals surface area contributed by atoms with Gasteiger partial charge in [-0.1, -0.05) is 73.6 Å². The highest BCUT2D eigenvalue weighted by molar-refractivity contribution is 8.26. The number of carbonyl (C=O) groups is 2. The number of rotatable bonds is 6. The molecule has 0 aliphatic carbocycles. The van der Waals surface area contributed by atoms with E-state index in [1.807, 2.05) is 38.1 Å². The van der Waals surface area contributed by atoms with Crippen molar-refractivity contribution < 1.29 is 14.7 Å². The van der Waals surface area contributed by atoms with Crippen LogP contribution < -0.4 is 0 Å². The minimum Gasteiger partial charge on any atom is -0.480 e. The molecule has 0 spiro atoms. The quantitative estimate of drug-likeness (QED) is 0.625. The molecule has 4 nitrogen and oxygen atoms in total. The third kappa shape index (κ3) is 4.20. The highest BCUT2D eigenvalue weighted by Crippen LogP contribution is 2.35. The predicted octanol–water partition coefficient (Wildman–Crippen LogP) is 3.84. The fourth-order valence-corrected chi connectivity index (χ4v) is 3.68. The lowest BCUT2D eigenvalue weighted by Crippen LogP contribution is -2.43. The smallest absolute Gasteiger partial charge is 0.326 e. The SMILES string of the molecule is CCCCC(C(=O)O)N1C(=O)C(=Cc2ccc(C)cc2)SC1=S. The molecule has 1 heterocycles. The molecule has 1 atom stereocenters. The number of aliphatic carboxylic acids is 1. The van der Waals surface area contributed by atoms with Crippen LogP contribution in [0.15, 0.2) is 29.2 Å². The van der Waals surface area contributed by atoms with E-state index >= 15 is 0 Å². The van der Waals surface area contributed by atoms with E-state index in [4.69, 9.17) is 12.2 Å². The lowest BCUT2D eigenvalue weighted by Gasteiger charge is -2.22. The lowest BCUT2D eigenvalue weighted by molar-refractivity contribution is -0.145. The molecule has 1 aromatic carbocycles. The molecule has 23 heavy (non-hydrogen) atoms. The third-order valence-electron chi connectivity index (χ3n) is 3.63. The van der Waals surface area contributed by atoms with Crippen LogP contribution in [-0.4, -0.2) is 32.2 Å². The van der Waals surface area contributed by atoms with Crippen molar-refractivity contribution in [1.29, 1.82) is 0 Å². The van der Waals surface area contributed by atoms with Crippen LogP contribution in [0.25, 0.3) is 6.08 Å². The molecule has 0 radical (unpaired) electrons. The minimum absolute atomic E-state index is 0.316. The molecular formula is C17H19NO3S2. The Balaban J connectivity index is 2.24. The number of thioether (sulfide) groups is 1. The van der Waals surface area contributed by atoms with Gasteiger partial charge in [0.2, 0.25) is 0 Å². The van der Waals surface area contributed by atoms with Crippen molar-refractivity contribution in [2.24, 2.45) is 0 Å². The molecule has 2 rings (SSSR count). The van der Waals surface area contributed by atoms with Crippen molar-refractivity contribution in [3.05, 3.63) is 40.3 Å². The Morgan fingerprint density at radius 2 is 2.04 bits per heavy atom. The molecule has 1 fully saturated rings. The van der Waals surface area contributed by atoms with Gasteiger partial charge in [-0.15, -0.1) is 0 Å². The average Bonchev–Trinajstić information content (AvgIpc) is 2.77. The van der Waals surface area contributed by atoms with Crippen molar-refractivity contribution in [3.8, 4) is 0 Å². The molecule has 1 aliphatic rings. The highest BCUT2D eigenvalue weighted by atomic mass is 32.2.